The van der Waals surface area contributed by atoms with E-state index in [9.17, 15) is 14.0 Å². The minimum Gasteiger partial charge on any atom is -0.466 e. The van der Waals surface area contributed by atoms with Crippen LogP contribution in [0.25, 0.3) is 0 Å². The van der Waals surface area contributed by atoms with E-state index >= 15 is 0 Å². The van der Waals surface area contributed by atoms with Gasteiger partial charge in [0.05, 0.1) is 24.8 Å². The van der Waals surface area contributed by atoms with Gasteiger partial charge in [0.1, 0.15) is 5.82 Å². The van der Waals surface area contributed by atoms with Crippen molar-refractivity contribution in [2.75, 3.05) is 31.6 Å². The maximum absolute atomic E-state index is 14.4. The van der Waals surface area contributed by atoms with Gasteiger partial charge in [-0.1, -0.05) is 0 Å². The number of nitrogens with zero attached hydrogens (tertiary/aromatic N) is 1. The van der Waals surface area contributed by atoms with Crippen molar-refractivity contribution in [3.63, 3.8) is 0 Å². The Bertz CT molecular complexity index is 830. The summed E-state index contributed by atoms with van der Waals surface area (Å²) in [5, 5.41) is 2.71. The standard InChI is InChI=1S/C19H23FN2O6/c1-3-25-18(24)13-6-5-9-22(11-13)17(23)12-7-8-15(14(20)10-12)21-16-19(26-4-2)28-27-16/h7-8,10,13,21H,3-6,9,11H2,1-2H3/t13-/m0/s1. The highest BCUT2D eigenvalue weighted by atomic mass is 19.1. The zero-order valence-corrected chi connectivity index (χ0v) is 15.8. The molecular formula is C19H23FN2O6. The van der Waals surface area contributed by atoms with E-state index in [1.54, 1.807) is 18.7 Å². The van der Waals surface area contributed by atoms with Gasteiger partial charge >= 0.3 is 17.8 Å². The third-order valence-electron chi connectivity index (χ3n) is 4.45. The van der Waals surface area contributed by atoms with Gasteiger partial charge in [-0.15, -0.1) is 0 Å². The molecular weight excluding hydrogens is 371 g/mol. The zero-order chi connectivity index (χ0) is 20.1. The molecule has 2 heterocycles. The number of amides is 1. The lowest BCUT2D eigenvalue weighted by atomic mass is 9.97. The summed E-state index contributed by atoms with van der Waals surface area (Å²) in [6.07, 6.45) is 1.38. The molecule has 1 N–H and O–H groups in total. The van der Waals surface area contributed by atoms with E-state index in [2.05, 4.69) is 9.89 Å². The number of ether oxygens (including phenoxy) is 2. The molecule has 0 saturated carbocycles. The van der Waals surface area contributed by atoms with Crippen LogP contribution in [0.15, 0.2) is 27.4 Å². The van der Waals surface area contributed by atoms with Gasteiger partial charge in [-0.05, 0) is 44.9 Å². The number of rotatable bonds is 7. The van der Waals surface area contributed by atoms with Crippen LogP contribution in [0.2, 0.25) is 0 Å². The van der Waals surface area contributed by atoms with Gasteiger partial charge in [0, 0.05) is 18.7 Å². The molecule has 28 heavy (non-hydrogen) atoms. The molecule has 0 radical (unpaired) electrons. The first-order chi connectivity index (χ1) is 13.5. The van der Waals surface area contributed by atoms with Gasteiger partial charge < -0.3 is 19.7 Å². The molecule has 9 heteroatoms. The molecule has 1 aromatic heterocycles. The third-order valence-corrected chi connectivity index (χ3v) is 4.45. The van der Waals surface area contributed by atoms with Crippen LogP contribution in [0.5, 0.6) is 5.95 Å². The van der Waals surface area contributed by atoms with Gasteiger partial charge in [0.25, 0.3) is 5.91 Å². The van der Waals surface area contributed by atoms with Crippen LogP contribution in [-0.4, -0.2) is 43.1 Å². The monoisotopic (exact) mass is 394 g/mol. The van der Waals surface area contributed by atoms with Crippen LogP contribution in [0.4, 0.5) is 16.0 Å². The fourth-order valence-corrected chi connectivity index (χ4v) is 3.08. The SMILES string of the molecule is CCOC(=O)[C@H]1CCCN(C(=O)c2ccc(Nc3ooc3OCC)c(F)c2)C1. The average molecular weight is 394 g/mol. The molecule has 1 fully saturated rings. The molecule has 3 rings (SSSR count). The van der Waals surface area contributed by atoms with E-state index < -0.39 is 5.82 Å². The van der Waals surface area contributed by atoms with Gasteiger partial charge in [0.15, 0.2) is 0 Å². The van der Waals surface area contributed by atoms with Gasteiger partial charge in [-0.3, -0.25) is 14.2 Å². The van der Waals surface area contributed by atoms with Crippen molar-refractivity contribution in [1.29, 1.82) is 0 Å². The number of hydrogen-bond donors (Lipinski definition) is 1. The first-order valence-electron chi connectivity index (χ1n) is 9.27. The van der Waals surface area contributed by atoms with Crippen molar-refractivity contribution in [1.82, 2.24) is 4.90 Å². The smallest absolute Gasteiger partial charge is 0.397 e. The second kappa shape index (κ2) is 8.81. The molecule has 0 aliphatic carbocycles. The Kier molecular flexibility index (Phi) is 6.23. The number of carbonyl (C=O) groups is 2. The summed E-state index contributed by atoms with van der Waals surface area (Å²) in [6, 6.07) is 4.11. The fourth-order valence-electron chi connectivity index (χ4n) is 3.08. The van der Waals surface area contributed by atoms with Crippen LogP contribution in [0, 0.1) is 11.7 Å². The second-order valence-electron chi connectivity index (χ2n) is 6.38. The summed E-state index contributed by atoms with van der Waals surface area (Å²) in [5.41, 5.74) is 0.326. The summed E-state index contributed by atoms with van der Waals surface area (Å²) in [5.74, 6) is -1.29. The summed E-state index contributed by atoms with van der Waals surface area (Å²) in [7, 11) is 0. The first-order valence-corrected chi connectivity index (χ1v) is 9.27. The van der Waals surface area contributed by atoms with E-state index in [0.717, 1.165) is 6.07 Å². The fraction of sp³-hybridized carbons (Fsp3) is 0.474. The predicted molar refractivity (Wildman–Crippen MR) is 97.1 cm³/mol. The van der Waals surface area contributed by atoms with Crippen molar-refractivity contribution in [3.8, 4) is 5.95 Å². The Morgan fingerprint density at radius 2 is 2.11 bits per heavy atom. The van der Waals surface area contributed by atoms with Crippen LogP contribution in [-0.2, 0) is 9.53 Å². The quantitative estimate of drug-likeness (QED) is 0.567. The molecule has 1 aliphatic heterocycles. The molecule has 1 saturated heterocycles. The highest BCUT2D eigenvalue weighted by Crippen LogP contribution is 2.33. The average Bonchev–Trinajstić information content (AvgIpc) is 2.70. The first kappa shape index (κ1) is 19.8. The van der Waals surface area contributed by atoms with E-state index in [0.29, 0.717) is 32.6 Å². The number of piperidine rings is 1. The van der Waals surface area contributed by atoms with Crippen LogP contribution in [0.1, 0.15) is 37.0 Å². The van der Waals surface area contributed by atoms with Gasteiger partial charge in [-0.25, -0.2) is 8.97 Å². The Hall–Kier alpha value is -2.97. The lowest BCUT2D eigenvalue weighted by molar-refractivity contribution is -0.149. The van der Waals surface area contributed by atoms with E-state index in [4.69, 9.17) is 14.1 Å². The Labute approximate surface area is 161 Å². The number of anilines is 2. The molecule has 0 spiro atoms. The lowest BCUT2D eigenvalue weighted by Crippen LogP contribution is -2.42. The molecule has 2 aromatic rings. The molecule has 0 bridgehead atoms. The molecule has 8 nitrogen and oxygen atoms in total. The zero-order valence-electron chi connectivity index (χ0n) is 15.8. The number of esters is 1. The molecule has 152 valence electrons. The summed E-state index contributed by atoms with van der Waals surface area (Å²) >= 11 is 0. The maximum Gasteiger partial charge on any atom is 0.397 e. The van der Waals surface area contributed by atoms with Crippen molar-refractivity contribution in [2.45, 2.75) is 26.7 Å². The third kappa shape index (κ3) is 4.29. The van der Waals surface area contributed by atoms with Crippen LogP contribution in [0.3, 0.4) is 0 Å². The van der Waals surface area contributed by atoms with E-state index in [1.807, 2.05) is 0 Å². The predicted octanol–water partition coefficient (Wildman–Crippen LogP) is 3.57. The number of halogens is 1. The van der Waals surface area contributed by atoms with Crippen molar-refractivity contribution < 1.29 is 32.6 Å². The summed E-state index contributed by atoms with van der Waals surface area (Å²) in [6.45, 7) is 5.00. The Balaban J connectivity index is 1.66. The second-order valence-corrected chi connectivity index (χ2v) is 6.38. The van der Waals surface area contributed by atoms with Gasteiger partial charge in [-0.2, -0.15) is 0 Å². The normalized spacial score (nSPS) is 16.7. The number of nitrogens with one attached hydrogen (secondary N) is 1. The van der Waals surface area contributed by atoms with Crippen molar-refractivity contribution in [2.24, 2.45) is 5.92 Å². The van der Waals surface area contributed by atoms with Gasteiger partial charge in [0.2, 0.25) is 0 Å². The highest BCUT2D eigenvalue weighted by Gasteiger charge is 2.30. The van der Waals surface area contributed by atoms with Crippen molar-refractivity contribution >= 4 is 23.4 Å². The molecule has 1 amide bonds. The Morgan fingerprint density at radius 1 is 1.29 bits per heavy atom. The lowest BCUT2D eigenvalue weighted by Gasteiger charge is -2.31. The minimum absolute atomic E-state index is 0.120. The minimum atomic E-state index is -0.622. The number of hydrogen-bond acceptors (Lipinski definition) is 7. The summed E-state index contributed by atoms with van der Waals surface area (Å²) in [4.78, 5) is 26.2. The number of carbonyl (C=O) groups excluding carboxylic acids is 2. The van der Waals surface area contributed by atoms with Crippen LogP contribution < -0.4 is 10.1 Å². The van der Waals surface area contributed by atoms with Crippen molar-refractivity contribution in [3.05, 3.63) is 29.6 Å². The number of benzene rings is 1. The highest BCUT2D eigenvalue weighted by molar-refractivity contribution is 5.95. The largest absolute Gasteiger partial charge is 0.466 e. The molecule has 1 aliphatic rings. The molecule has 1 aromatic carbocycles. The Morgan fingerprint density at radius 3 is 2.75 bits per heavy atom. The molecule has 0 unspecified atom stereocenters. The topological polar surface area (TPSA) is 94.2 Å². The maximum atomic E-state index is 14.4. The van der Waals surface area contributed by atoms with Crippen LogP contribution >= 0.6 is 0 Å². The number of likely N-dealkylation sites (tertiary alicyclic amines) is 1. The summed E-state index contributed by atoms with van der Waals surface area (Å²) < 4.78 is 34.0. The molecule has 1 atom stereocenters. The van der Waals surface area contributed by atoms with E-state index in [1.165, 1.54) is 12.1 Å². The van der Waals surface area contributed by atoms with E-state index in [-0.39, 0.29) is 47.4 Å².